The molecule has 0 spiro atoms. The number of aromatic nitrogens is 8. The molecule has 0 aliphatic carbocycles. The van der Waals surface area contributed by atoms with Gasteiger partial charge in [0, 0.05) is 36.6 Å². The number of aryl methyl sites for hydroxylation is 2. The summed E-state index contributed by atoms with van der Waals surface area (Å²) in [6.45, 7) is 5.72. The predicted molar refractivity (Wildman–Crippen MR) is 106 cm³/mol. The van der Waals surface area contributed by atoms with Crippen molar-refractivity contribution < 1.29 is 0 Å². The first-order valence-electron chi connectivity index (χ1n) is 9.53. The molecule has 0 unspecified atom stereocenters. The molecule has 0 aliphatic rings. The van der Waals surface area contributed by atoms with Crippen LogP contribution in [-0.4, -0.2) is 52.3 Å². The van der Waals surface area contributed by atoms with Crippen LogP contribution in [0.2, 0.25) is 0 Å². The molecule has 4 rings (SSSR count). The fourth-order valence-electron chi connectivity index (χ4n) is 3.15. The molecule has 0 radical (unpaired) electrons. The lowest BCUT2D eigenvalue weighted by Gasteiger charge is -2.10. The molecule has 28 heavy (non-hydrogen) atoms. The summed E-state index contributed by atoms with van der Waals surface area (Å²) in [6, 6.07) is 3.99. The summed E-state index contributed by atoms with van der Waals surface area (Å²) in [5.41, 5.74) is 1.86. The first-order chi connectivity index (χ1) is 13.7. The Balaban J connectivity index is 1.17. The quantitative estimate of drug-likeness (QED) is 0.426. The van der Waals surface area contributed by atoms with Crippen LogP contribution in [0.15, 0.2) is 24.8 Å². The lowest BCUT2D eigenvalue weighted by Crippen LogP contribution is -2.09. The number of hydrogen-bond donors (Lipinski definition) is 2. The van der Waals surface area contributed by atoms with Crippen molar-refractivity contribution in [1.29, 1.82) is 0 Å². The number of rotatable bonds is 9. The van der Waals surface area contributed by atoms with Crippen LogP contribution in [0.5, 0.6) is 0 Å². The number of hydrogen-bond acceptors (Lipinski definition) is 8. The van der Waals surface area contributed by atoms with Crippen molar-refractivity contribution >= 4 is 23.2 Å². The predicted octanol–water partition coefficient (Wildman–Crippen LogP) is 2.26. The Hall–Kier alpha value is -3.30. The number of anilines is 2. The Bertz CT molecular complexity index is 981. The van der Waals surface area contributed by atoms with Crippen LogP contribution < -0.4 is 10.6 Å². The van der Waals surface area contributed by atoms with Gasteiger partial charge < -0.3 is 10.6 Å². The zero-order chi connectivity index (χ0) is 19.3. The van der Waals surface area contributed by atoms with E-state index in [-0.39, 0.29) is 0 Å². The van der Waals surface area contributed by atoms with E-state index in [0.717, 1.165) is 61.8 Å². The fraction of sp³-hybridized carbons (Fsp3) is 0.444. The molecule has 0 saturated carbocycles. The highest BCUT2D eigenvalue weighted by Crippen LogP contribution is 2.12. The van der Waals surface area contributed by atoms with Crippen LogP contribution in [0.3, 0.4) is 0 Å². The van der Waals surface area contributed by atoms with E-state index in [0.29, 0.717) is 11.6 Å². The van der Waals surface area contributed by atoms with E-state index in [2.05, 4.69) is 40.8 Å². The molecule has 146 valence electrons. The molecule has 0 fully saturated rings. The van der Waals surface area contributed by atoms with E-state index in [1.807, 2.05) is 26.0 Å². The van der Waals surface area contributed by atoms with Gasteiger partial charge in [-0.05, 0) is 26.7 Å². The van der Waals surface area contributed by atoms with Crippen molar-refractivity contribution in [1.82, 2.24) is 39.2 Å². The molecule has 4 aromatic rings. The first kappa shape index (κ1) is 18.1. The van der Waals surface area contributed by atoms with Gasteiger partial charge in [0.2, 0.25) is 0 Å². The van der Waals surface area contributed by atoms with Crippen molar-refractivity contribution in [3.63, 3.8) is 0 Å². The molecule has 0 saturated heterocycles. The van der Waals surface area contributed by atoms with Gasteiger partial charge >= 0.3 is 0 Å². The molecule has 2 N–H and O–H groups in total. The Kier molecular flexibility index (Phi) is 5.27. The minimum Gasteiger partial charge on any atom is -0.370 e. The Morgan fingerprint density at radius 3 is 1.64 bits per heavy atom. The number of unbranched alkanes of at least 4 members (excludes halogenated alkanes) is 3. The number of nitrogens with one attached hydrogen (secondary N) is 2. The van der Waals surface area contributed by atoms with E-state index in [4.69, 9.17) is 0 Å². The van der Waals surface area contributed by atoms with Gasteiger partial charge in [0.15, 0.2) is 0 Å². The van der Waals surface area contributed by atoms with Gasteiger partial charge in [0.1, 0.15) is 24.3 Å². The van der Waals surface area contributed by atoms with Crippen molar-refractivity contribution in [3.05, 3.63) is 36.2 Å². The van der Waals surface area contributed by atoms with Crippen LogP contribution >= 0.6 is 0 Å². The van der Waals surface area contributed by atoms with Crippen molar-refractivity contribution in [2.24, 2.45) is 0 Å². The molecule has 4 aromatic heterocycles. The van der Waals surface area contributed by atoms with E-state index >= 15 is 0 Å². The zero-order valence-corrected chi connectivity index (χ0v) is 16.1. The monoisotopic (exact) mass is 380 g/mol. The minimum atomic E-state index is 0.626. The molecular weight excluding hydrogens is 356 g/mol. The minimum absolute atomic E-state index is 0.626. The van der Waals surface area contributed by atoms with Crippen LogP contribution in [0.25, 0.3) is 11.6 Å². The van der Waals surface area contributed by atoms with Gasteiger partial charge in [-0.15, -0.1) is 0 Å². The molecule has 0 bridgehead atoms. The number of fused-ring (bicyclic) bond motifs is 2. The highest BCUT2D eigenvalue weighted by Gasteiger charge is 2.06. The van der Waals surface area contributed by atoms with Crippen molar-refractivity contribution in [2.45, 2.75) is 39.5 Å². The topological polar surface area (TPSA) is 110 Å². The Labute approximate surface area is 162 Å². The van der Waals surface area contributed by atoms with Crippen LogP contribution in [-0.2, 0) is 0 Å². The molecule has 10 heteroatoms. The molecule has 4 heterocycles. The summed E-state index contributed by atoms with van der Waals surface area (Å²) < 4.78 is 3.47. The first-order valence-corrected chi connectivity index (χ1v) is 9.53. The van der Waals surface area contributed by atoms with Gasteiger partial charge in [0.25, 0.3) is 11.6 Å². The fourth-order valence-corrected chi connectivity index (χ4v) is 3.15. The summed E-state index contributed by atoms with van der Waals surface area (Å²) in [4.78, 5) is 17.0. The zero-order valence-electron chi connectivity index (χ0n) is 16.1. The standard InChI is InChI=1S/C18H24N10/c1-13-9-15(27-17(25-13)21-11-23-27)19-7-5-3-4-6-8-20-16-10-14(2)26-18-22-12-24-28(16)18/h9-12,19-20H,3-8H2,1-2H3. The van der Waals surface area contributed by atoms with Crippen LogP contribution in [0.4, 0.5) is 11.6 Å². The molecule has 0 atom stereocenters. The maximum atomic E-state index is 4.35. The van der Waals surface area contributed by atoms with E-state index in [1.54, 1.807) is 9.03 Å². The normalized spacial score (nSPS) is 11.4. The number of nitrogens with zero attached hydrogens (tertiary/aromatic N) is 8. The largest absolute Gasteiger partial charge is 0.370 e. The summed E-state index contributed by atoms with van der Waals surface area (Å²) in [6.07, 6.45) is 7.56. The second-order valence-electron chi connectivity index (χ2n) is 6.78. The summed E-state index contributed by atoms with van der Waals surface area (Å²) >= 11 is 0. The van der Waals surface area contributed by atoms with Gasteiger partial charge in [0.05, 0.1) is 0 Å². The summed E-state index contributed by atoms with van der Waals surface area (Å²) in [7, 11) is 0. The highest BCUT2D eigenvalue weighted by atomic mass is 15.4. The molecule has 0 aliphatic heterocycles. The molecule has 10 nitrogen and oxygen atoms in total. The second-order valence-corrected chi connectivity index (χ2v) is 6.78. The Morgan fingerprint density at radius 1 is 0.714 bits per heavy atom. The second kappa shape index (κ2) is 8.15. The van der Waals surface area contributed by atoms with E-state index in [9.17, 15) is 0 Å². The average Bonchev–Trinajstić information content (AvgIpc) is 3.32. The van der Waals surface area contributed by atoms with E-state index in [1.165, 1.54) is 12.7 Å². The SMILES string of the molecule is Cc1cc(NCCCCCCNc2cc(C)nc3ncnn23)n2ncnc2n1. The van der Waals surface area contributed by atoms with Crippen molar-refractivity contribution in [3.8, 4) is 0 Å². The van der Waals surface area contributed by atoms with Gasteiger partial charge in [-0.1, -0.05) is 12.8 Å². The summed E-state index contributed by atoms with van der Waals surface area (Å²) in [5, 5.41) is 15.3. The highest BCUT2D eigenvalue weighted by molar-refractivity contribution is 5.45. The lowest BCUT2D eigenvalue weighted by atomic mass is 10.2. The third-order valence-electron chi connectivity index (χ3n) is 4.48. The van der Waals surface area contributed by atoms with Gasteiger partial charge in [-0.3, -0.25) is 0 Å². The molecular formula is C18H24N10. The summed E-state index contributed by atoms with van der Waals surface area (Å²) in [5.74, 6) is 3.13. The third-order valence-corrected chi connectivity index (χ3v) is 4.48. The maximum absolute atomic E-state index is 4.35. The van der Waals surface area contributed by atoms with Crippen LogP contribution in [0.1, 0.15) is 37.1 Å². The van der Waals surface area contributed by atoms with Gasteiger partial charge in [-0.2, -0.15) is 29.2 Å². The smallest absolute Gasteiger partial charge is 0.254 e. The third kappa shape index (κ3) is 4.00. The average molecular weight is 380 g/mol. The van der Waals surface area contributed by atoms with Crippen molar-refractivity contribution in [2.75, 3.05) is 23.7 Å². The Morgan fingerprint density at radius 2 is 1.18 bits per heavy atom. The maximum Gasteiger partial charge on any atom is 0.254 e. The van der Waals surface area contributed by atoms with Gasteiger partial charge in [-0.25, -0.2) is 9.97 Å². The molecule has 0 aromatic carbocycles. The van der Waals surface area contributed by atoms with E-state index < -0.39 is 0 Å². The molecule has 0 amide bonds. The lowest BCUT2D eigenvalue weighted by molar-refractivity contribution is 0.667. The van der Waals surface area contributed by atoms with Crippen LogP contribution in [0, 0.1) is 13.8 Å².